The van der Waals surface area contributed by atoms with E-state index < -0.39 is 17.8 Å². The van der Waals surface area contributed by atoms with Crippen molar-refractivity contribution in [3.05, 3.63) is 59.2 Å². The number of likely N-dealkylation sites (tertiary alicyclic amines) is 1. The number of aliphatic carboxylic acids is 1. The van der Waals surface area contributed by atoms with E-state index in [-0.39, 0.29) is 17.4 Å². The van der Waals surface area contributed by atoms with Crippen molar-refractivity contribution in [1.29, 1.82) is 0 Å². The van der Waals surface area contributed by atoms with E-state index in [1.807, 2.05) is 4.90 Å². The van der Waals surface area contributed by atoms with E-state index in [2.05, 4.69) is 22.6 Å². The first-order chi connectivity index (χ1) is 19.0. The molecule has 1 saturated heterocycles. The molecule has 9 nitrogen and oxygen atoms in total. The molecule has 1 fully saturated rings. The smallest absolute Gasteiger partial charge is 0.325 e. The van der Waals surface area contributed by atoms with Crippen LogP contribution in [0.25, 0.3) is 11.3 Å². The number of benzene rings is 1. The topological polar surface area (TPSA) is 110 Å². The highest BCUT2D eigenvalue weighted by atomic mass is 19.1. The van der Waals surface area contributed by atoms with E-state index in [4.69, 9.17) is 19.0 Å². The van der Waals surface area contributed by atoms with Gasteiger partial charge in [0.1, 0.15) is 11.9 Å². The Balaban J connectivity index is 1.13. The SMILES string of the molecule is COc1c(F)cc(-c2ccno2)cc1C(C(=O)O)N1CC[C@@H](OCCCCCc2ccc3c(n2)NCCC3)C1. The lowest BCUT2D eigenvalue weighted by Crippen LogP contribution is -2.34. The molecule has 2 N–H and O–H groups in total. The number of carboxylic acids is 1. The van der Waals surface area contributed by atoms with E-state index in [1.165, 1.54) is 24.9 Å². The molecule has 4 heterocycles. The highest BCUT2D eigenvalue weighted by Gasteiger charge is 2.37. The van der Waals surface area contributed by atoms with Gasteiger partial charge >= 0.3 is 5.97 Å². The molecule has 39 heavy (non-hydrogen) atoms. The minimum Gasteiger partial charge on any atom is -0.493 e. The fourth-order valence-corrected chi connectivity index (χ4v) is 5.49. The zero-order valence-electron chi connectivity index (χ0n) is 22.2. The largest absolute Gasteiger partial charge is 0.493 e. The molecule has 2 aromatic heterocycles. The summed E-state index contributed by atoms with van der Waals surface area (Å²) in [5.41, 5.74) is 3.07. The molecule has 2 aliphatic heterocycles. The Labute approximate surface area is 227 Å². The molecule has 0 radical (unpaired) electrons. The molecule has 1 unspecified atom stereocenters. The quantitative estimate of drug-likeness (QED) is 0.312. The number of carbonyl (C=O) groups is 1. The van der Waals surface area contributed by atoms with E-state index in [9.17, 15) is 14.3 Å². The number of ether oxygens (including phenoxy) is 2. The van der Waals surface area contributed by atoms with Gasteiger partial charge in [-0.15, -0.1) is 0 Å². The van der Waals surface area contributed by atoms with Crippen molar-refractivity contribution in [3.8, 4) is 17.1 Å². The Morgan fingerprint density at radius 3 is 2.97 bits per heavy atom. The number of carboxylic acid groups (broad SMARTS) is 1. The minimum atomic E-state index is -1.08. The fraction of sp³-hybridized carbons (Fsp3) is 0.483. The first-order valence-electron chi connectivity index (χ1n) is 13.6. The molecule has 1 aromatic carbocycles. The lowest BCUT2D eigenvalue weighted by atomic mass is 9.99. The van der Waals surface area contributed by atoms with Crippen LogP contribution in [0, 0.1) is 5.82 Å². The molecule has 0 spiro atoms. The van der Waals surface area contributed by atoms with Gasteiger partial charge in [0.2, 0.25) is 0 Å². The first kappa shape index (κ1) is 27.1. The third kappa shape index (κ3) is 6.39. The van der Waals surface area contributed by atoms with Gasteiger partial charge < -0.3 is 24.4 Å². The normalized spacial score (nSPS) is 17.9. The zero-order chi connectivity index (χ0) is 27.2. The number of unbranched alkanes of at least 4 members (excludes halogenated alkanes) is 2. The summed E-state index contributed by atoms with van der Waals surface area (Å²) in [6.45, 7) is 2.58. The van der Waals surface area contributed by atoms with E-state index in [0.29, 0.717) is 37.4 Å². The van der Waals surface area contributed by atoms with Gasteiger partial charge in [-0.2, -0.15) is 0 Å². The number of hydrogen-bond acceptors (Lipinski definition) is 8. The first-order valence-corrected chi connectivity index (χ1v) is 13.6. The van der Waals surface area contributed by atoms with Crippen LogP contribution in [0.5, 0.6) is 5.75 Å². The molecular weight excluding hydrogens is 503 g/mol. The molecule has 10 heteroatoms. The highest BCUT2D eigenvalue weighted by Crippen LogP contribution is 2.37. The second-order valence-electron chi connectivity index (χ2n) is 10.1. The van der Waals surface area contributed by atoms with Crippen LogP contribution in [-0.4, -0.2) is 65.6 Å². The Hall–Kier alpha value is -3.50. The van der Waals surface area contributed by atoms with Crippen LogP contribution in [0.15, 0.2) is 41.1 Å². The average molecular weight is 539 g/mol. The molecule has 0 amide bonds. The van der Waals surface area contributed by atoms with Gasteiger partial charge in [-0.05, 0) is 62.3 Å². The van der Waals surface area contributed by atoms with Crippen molar-refractivity contribution in [3.63, 3.8) is 0 Å². The standard InChI is InChI=1S/C29H35FN4O5/c1-37-27-23(16-20(17-24(27)30)25-10-13-32-39-25)26(29(35)36)34-14-11-22(18-34)38-15-4-2-3-7-21-9-8-19-6-5-12-31-28(19)33-21/h8-10,13,16-17,22,26H,2-7,11-12,14-15,18H2,1H3,(H,31,33)(H,35,36)/t22-,26?/m1/s1. The molecule has 5 rings (SSSR count). The van der Waals surface area contributed by atoms with Crippen molar-refractivity contribution >= 4 is 11.8 Å². The van der Waals surface area contributed by atoms with Gasteiger partial charge in [-0.25, -0.2) is 9.37 Å². The minimum absolute atomic E-state index is 0.0754. The maximum Gasteiger partial charge on any atom is 0.325 e. The number of nitrogens with zero attached hydrogens (tertiary/aromatic N) is 3. The molecule has 0 bridgehead atoms. The van der Waals surface area contributed by atoms with Gasteiger partial charge in [0.15, 0.2) is 17.3 Å². The number of hydrogen-bond donors (Lipinski definition) is 2. The van der Waals surface area contributed by atoms with Gasteiger partial charge in [0.25, 0.3) is 0 Å². The highest BCUT2D eigenvalue weighted by molar-refractivity contribution is 5.78. The second-order valence-corrected chi connectivity index (χ2v) is 10.1. The van der Waals surface area contributed by atoms with Crippen LogP contribution >= 0.6 is 0 Å². The Kier molecular flexibility index (Phi) is 8.73. The maximum absolute atomic E-state index is 14.9. The van der Waals surface area contributed by atoms with Gasteiger partial charge in [-0.1, -0.05) is 17.6 Å². The monoisotopic (exact) mass is 538 g/mol. The molecular formula is C29H35FN4O5. The number of aryl methyl sites for hydroxylation is 2. The number of fused-ring (bicyclic) bond motifs is 1. The van der Waals surface area contributed by atoms with Gasteiger partial charge in [0, 0.05) is 49.1 Å². The summed E-state index contributed by atoms with van der Waals surface area (Å²) in [6, 6.07) is 7.71. The van der Waals surface area contributed by atoms with Crippen LogP contribution in [0.3, 0.4) is 0 Å². The van der Waals surface area contributed by atoms with Gasteiger partial charge in [-0.3, -0.25) is 9.69 Å². The summed E-state index contributed by atoms with van der Waals surface area (Å²) < 4.78 is 31.4. The third-order valence-electron chi connectivity index (χ3n) is 7.45. The summed E-state index contributed by atoms with van der Waals surface area (Å²) in [4.78, 5) is 19.0. The van der Waals surface area contributed by atoms with Crippen molar-refractivity contribution in [2.24, 2.45) is 0 Å². The number of nitrogens with one attached hydrogen (secondary N) is 1. The molecule has 0 saturated carbocycles. The number of rotatable bonds is 12. The molecule has 0 aliphatic carbocycles. The molecule has 2 aliphatic rings. The Morgan fingerprint density at radius 2 is 2.18 bits per heavy atom. The van der Waals surface area contributed by atoms with Crippen molar-refractivity contribution in [2.75, 3.05) is 38.7 Å². The van der Waals surface area contributed by atoms with Crippen molar-refractivity contribution in [1.82, 2.24) is 15.0 Å². The van der Waals surface area contributed by atoms with Crippen molar-refractivity contribution in [2.45, 2.75) is 57.1 Å². The Morgan fingerprint density at radius 1 is 1.28 bits per heavy atom. The third-order valence-corrected chi connectivity index (χ3v) is 7.45. The second kappa shape index (κ2) is 12.6. The van der Waals surface area contributed by atoms with E-state index in [1.54, 1.807) is 12.1 Å². The van der Waals surface area contributed by atoms with Crippen molar-refractivity contribution < 1.29 is 28.3 Å². The maximum atomic E-state index is 14.9. The van der Waals surface area contributed by atoms with Crippen LogP contribution < -0.4 is 10.1 Å². The summed E-state index contributed by atoms with van der Waals surface area (Å²) in [5.74, 6) is -0.420. The van der Waals surface area contributed by atoms with Crippen LogP contribution in [-0.2, 0) is 22.4 Å². The average Bonchev–Trinajstić information content (AvgIpc) is 3.63. The summed E-state index contributed by atoms with van der Waals surface area (Å²) >= 11 is 0. The lowest BCUT2D eigenvalue weighted by Gasteiger charge is -2.26. The number of pyridine rings is 1. The molecule has 3 aromatic rings. The summed E-state index contributed by atoms with van der Waals surface area (Å²) in [7, 11) is 1.34. The van der Waals surface area contributed by atoms with E-state index >= 15 is 0 Å². The van der Waals surface area contributed by atoms with E-state index in [0.717, 1.165) is 56.6 Å². The lowest BCUT2D eigenvalue weighted by molar-refractivity contribution is -0.143. The fourth-order valence-electron chi connectivity index (χ4n) is 5.49. The number of halogens is 1. The summed E-state index contributed by atoms with van der Waals surface area (Å²) in [6.07, 6.45) is 8.29. The number of methoxy groups -OCH3 is 1. The zero-order valence-corrected chi connectivity index (χ0v) is 22.2. The number of aromatic nitrogens is 2. The van der Waals surface area contributed by atoms with Crippen LogP contribution in [0.2, 0.25) is 0 Å². The predicted octanol–water partition coefficient (Wildman–Crippen LogP) is 4.87. The number of anilines is 1. The van der Waals surface area contributed by atoms with Gasteiger partial charge in [0.05, 0.1) is 19.4 Å². The predicted molar refractivity (Wildman–Crippen MR) is 143 cm³/mol. The van der Waals surface area contributed by atoms with Crippen LogP contribution in [0.1, 0.15) is 55.0 Å². The summed E-state index contributed by atoms with van der Waals surface area (Å²) in [5, 5.41) is 17.2. The van der Waals surface area contributed by atoms with Crippen LogP contribution in [0.4, 0.5) is 10.2 Å². The molecule has 2 atom stereocenters. The molecule has 208 valence electrons. The Bertz CT molecular complexity index is 1270.